The second-order valence-corrected chi connectivity index (χ2v) is 3.45. The highest BCUT2D eigenvalue weighted by Gasteiger charge is 2.39. The van der Waals surface area contributed by atoms with Crippen molar-refractivity contribution in [2.45, 2.75) is 26.3 Å². The fourth-order valence-electron chi connectivity index (χ4n) is 1.08. The molecule has 2 amide bonds. The van der Waals surface area contributed by atoms with Crippen LogP contribution in [0.25, 0.3) is 0 Å². The molecule has 12 heavy (non-hydrogen) atoms. The number of hydrogen-bond donors (Lipinski definition) is 2. The van der Waals surface area contributed by atoms with E-state index < -0.39 is 11.9 Å². The number of amides is 2. The predicted molar refractivity (Wildman–Crippen MR) is 44.1 cm³/mol. The lowest BCUT2D eigenvalue weighted by atomic mass is 10.2. The fourth-order valence-corrected chi connectivity index (χ4v) is 1.08. The molecule has 0 radical (unpaired) electrons. The van der Waals surface area contributed by atoms with Crippen molar-refractivity contribution in [3.63, 3.8) is 0 Å². The van der Waals surface area contributed by atoms with E-state index in [1.807, 2.05) is 6.92 Å². The van der Waals surface area contributed by atoms with Gasteiger partial charge in [0.25, 0.3) is 0 Å². The van der Waals surface area contributed by atoms with Crippen LogP contribution in [0.3, 0.4) is 0 Å². The van der Waals surface area contributed by atoms with Crippen molar-refractivity contribution in [1.29, 1.82) is 0 Å². The Balaban J connectivity index is 2.31. The lowest BCUT2D eigenvalue weighted by molar-refractivity contribution is -0.127. The van der Waals surface area contributed by atoms with Crippen LogP contribution < -0.4 is 11.1 Å². The minimum atomic E-state index is -0.551. The minimum absolute atomic E-state index is 0.0474. The smallest absolute Gasteiger partial charge is 0.239 e. The summed E-state index contributed by atoms with van der Waals surface area (Å²) < 4.78 is 0. The second-order valence-electron chi connectivity index (χ2n) is 3.45. The molecule has 0 bridgehead atoms. The van der Waals surface area contributed by atoms with E-state index in [0.717, 1.165) is 6.42 Å². The zero-order valence-electron chi connectivity index (χ0n) is 7.33. The third-order valence-electron chi connectivity index (χ3n) is 2.23. The molecule has 4 nitrogen and oxygen atoms in total. The van der Waals surface area contributed by atoms with E-state index in [2.05, 4.69) is 5.32 Å². The van der Waals surface area contributed by atoms with Gasteiger partial charge in [-0.15, -0.1) is 0 Å². The molecule has 1 saturated carbocycles. The topological polar surface area (TPSA) is 72.2 Å². The molecule has 68 valence electrons. The van der Waals surface area contributed by atoms with Gasteiger partial charge in [-0.2, -0.15) is 0 Å². The van der Waals surface area contributed by atoms with Crippen molar-refractivity contribution in [3.8, 4) is 0 Å². The van der Waals surface area contributed by atoms with Crippen molar-refractivity contribution < 1.29 is 9.59 Å². The monoisotopic (exact) mass is 170 g/mol. The Bertz CT molecular complexity index is 215. The highest BCUT2D eigenvalue weighted by Crippen LogP contribution is 2.37. The number of nitrogens with two attached hydrogens (primary N) is 1. The predicted octanol–water partition coefficient (Wildman–Crippen LogP) is -0.368. The molecule has 0 saturated heterocycles. The van der Waals surface area contributed by atoms with E-state index >= 15 is 0 Å². The molecule has 3 atom stereocenters. The summed E-state index contributed by atoms with van der Waals surface area (Å²) in [5.74, 6) is 0.0299. The molecule has 3 N–H and O–H groups in total. The number of hydrogen-bond acceptors (Lipinski definition) is 2. The highest BCUT2D eigenvalue weighted by molar-refractivity contribution is 5.88. The summed E-state index contributed by atoms with van der Waals surface area (Å²) in [6.07, 6.45) is 0.928. The first-order valence-electron chi connectivity index (χ1n) is 4.12. The molecular formula is C8H14N2O2. The third-order valence-corrected chi connectivity index (χ3v) is 2.23. The first-order chi connectivity index (χ1) is 5.52. The number of primary amides is 1. The van der Waals surface area contributed by atoms with Crippen LogP contribution in [0.1, 0.15) is 20.3 Å². The molecule has 0 heterocycles. The van der Waals surface area contributed by atoms with Crippen LogP contribution in [0, 0.1) is 11.8 Å². The summed E-state index contributed by atoms with van der Waals surface area (Å²) in [4.78, 5) is 21.8. The number of nitrogens with one attached hydrogen (secondary N) is 1. The quantitative estimate of drug-likeness (QED) is 0.606. The molecule has 0 aliphatic heterocycles. The van der Waals surface area contributed by atoms with Crippen molar-refractivity contribution in [2.75, 3.05) is 0 Å². The molecule has 0 spiro atoms. The Labute approximate surface area is 71.5 Å². The van der Waals surface area contributed by atoms with Gasteiger partial charge in [0.1, 0.15) is 6.04 Å². The van der Waals surface area contributed by atoms with Gasteiger partial charge in [0.15, 0.2) is 0 Å². The third kappa shape index (κ3) is 1.96. The van der Waals surface area contributed by atoms with Crippen LogP contribution in [0.2, 0.25) is 0 Å². The van der Waals surface area contributed by atoms with Crippen LogP contribution in [0.5, 0.6) is 0 Å². The normalized spacial score (nSPS) is 29.2. The number of rotatable bonds is 3. The fraction of sp³-hybridized carbons (Fsp3) is 0.750. The van der Waals surface area contributed by atoms with E-state index in [-0.39, 0.29) is 11.8 Å². The summed E-state index contributed by atoms with van der Waals surface area (Å²) in [5.41, 5.74) is 4.99. The van der Waals surface area contributed by atoms with Crippen molar-refractivity contribution in [3.05, 3.63) is 0 Å². The molecule has 0 aromatic heterocycles. The van der Waals surface area contributed by atoms with Crippen LogP contribution in [-0.2, 0) is 9.59 Å². The summed E-state index contributed by atoms with van der Waals surface area (Å²) in [6.45, 7) is 3.60. The molecule has 1 fully saturated rings. The van der Waals surface area contributed by atoms with Crippen molar-refractivity contribution in [2.24, 2.45) is 17.6 Å². The Morgan fingerprint density at radius 3 is 2.42 bits per heavy atom. The van der Waals surface area contributed by atoms with Crippen molar-refractivity contribution in [1.82, 2.24) is 5.32 Å². The van der Waals surface area contributed by atoms with Gasteiger partial charge < -0.3 is 11.1 Å². The summed E-state index contributed by atoms with van der Waals surface area (Å²) in [7, 11) is 0. The SMILES string of the molecule is C[C@H](NC(=O)[C@@H]1C[C@H]1C)C(N)=O. The maximum Gasteiger partial charge on any atom is 0.239 e. The number of carbonyl (C=O) groups is 2. The Morgan fingerprint density at radius 2 is 2.08 bits per heavy atom. The van der Waals surface area contributed by atoms with Crippen molar-refractivity contribution >= 4 is 11.8 Å². The molecular weight excluding hydrogens is 156 g/mol. The van der Waals surface area contributed by atoms with Gasteiger partial charge in [0.2, 0.25) is 11.8 Å². The van der Waals surface area contributed by atoms with Gasteiger partial charge in [-0.1, -0.05) is 6.92 Å². The second kappa shape index (κ2) is 3.13. The van der Waals surface area contributed by atoms with E-state index in [0.29, 0.717) is 5.92 Å². The van der Waals surface area contributed by atoms with Gasteiger partial charge in [0.05, 0.1) is 0 Å². The molecule has 1 rings (SSSR count). The molecule has 1 aliphatic rings. The van der Waals surface area contributed by atoms with Gasteiger partial charge in [0, 0.05) is 5.92 Å². The Morgan fingerprint density at radius 1 is 1.58 bits per heavy atom. The van der Waals surface area contributed by atoms with E-state index in [1.165, 1.54) is 0 Å². The molecule has 4 heteroatoms. The van der Waals surface area contributed by atoms with Gasteiger partial charge in [-0.05, 0) is 19.3 Å². The Kier molecular flexibility index (Phi) is 2.35. The van der Waals surface area contributed by atoms with Crippen LogP contribution in [-0.4, -0.2) is 17.9 Å². The van der Waals surface area contributed by atoms with Gasteiger partial charge in [-0.25, -0.2) is 0 Å². The zero-order chi connectivity index (χ0) is 9.30. The number of carbonyl (C=O) groups excluding carboxylic acids is 2. The zero-order valence-corrected chi connectivity index (χ0v) is 7.33. The largest absolute Gasteiger partial charge is 0.368 e. The first kappa shape index (κ1) is 9.03. The summed E-state index contributed by atoms with van der Waals surface area (Å²) in [5, 5.41) is 2.56. The average Bonchev–Trinajstić information content (AvgIpc) is 2.66. The molecule has 0 aromatic carbocycles. The lowest BCUT2D eigenvalue weighted by Gasteiger charge is -2.08. The van der Waals surface area contributed by atoms with Gasteiger partial charge in [-0.3, -0.25) is 9.59 Å². The van der Waals surface area contributed by atoms with Gasteiger partial charge >= 0.3 is 0 Å². The maximum absolute atomic E-state index is 11.2. The molecule has 0 aromatic rings. The maximum atomic E-state index is 11.2. The van der Waals surface area contributed by atoms with E-state index in [9.17, 15) is 9.59 Å². The Hall–Kier alpha value is -1.06. The lowest BCUT2D eigenvalue weighted by Crippen LogP contribution is -2.43. The summed E-state index contributed by atoms with van der Waals surface area (Å²) >= 11 is 0. The molecule has 0 unspecified atom stereocenters. The van der Waals surface area contributed by atoms with Crippen LogP contribution in [0.4, 0.5) is 0 Å². The van der Waals surface area contributed by atoms with E-state index in [4.69, 9.17) is 5.73 Å². The van der Waals surface area contributed by atoms with Crippen LogP contribution >= 0.6 is 0 Å². The highest BCUT2D eigenvalue weighted by atomic mass is 16.2. The van der Waals surface area contributed by atoms with Crippen LogP contribution in [0.15, 0.2) is 0 Å². The first-order valence-corrected chi connectivity index (χ1v) is 4.12. The standard InChI is InChI=1S/C8H14N2O2/c1-4-3-6(4)8(12)10-5(2)7(9)11/h4-6H,3H2,1-2H3,(H2,9,11)(H,10,12)/t4-,5+,6-/m1/s1. The average molecular weight is 170 g/mol. The summed E-state index contributed by atoms with van der Waals surface area (Å²) in [6, 6.07) is -0.551. The molecule has 1 aliphatic carbocycles. The minimum Gasteiger partial charge on any atom is -0.368 e. The van der Waals surface area contributed by atoms with E-state index in [1.54, 1.807) is 6.92 Å².